The Morgan fingerprint density at radius 2 is 0.949 bits per heavy atom. The third kappa shape index (κ3) is 7.03. The van der Waals surface area contributed by atoms with E-state index >= 15 is 0 Å². The Morgan fingerprint density at radius 3 is 1.80 bits per heavy atom. The summed E-state index contributed by atoms with van der Waals surface area (Å²) >= 11 is 7.76. The molecule has 9 saturated carbocycles. The van der Waals surface area contributed by atoms with Crippen LogP contribution < -0.4 is 0 Å². The largest absolute Gasteiger partial charge is 0.373 e. The van der Waals surface area contributed by atoms with Crippen molar-refractivity contribution < 1.29 is 4.74 Å². The average molecular weight is 860 g/mol. The highest BCUT2D eigenvalue weighted by molar-refractivity contribution is 8.02. The van der Waals surface area contributed by atoms with Crippen LogP contribution in [0.1, 0.15) is 199 Å². The molecule has 4 saturated heterocycles. The maximum absolute atomic E-state index is 7.43. The van der Waals surface area contributed by atoms with Crippen LogP contribution in [0.4, 0.5) is 0 Å². The summed E-state index contributed by atoms with van der Waals surface area (Å²) in [5, 5.41) is 6.17. The van der Waals surface area contributed by atoms with Crippen LogP contribution in [0.25, 0.3) is 0 Å². The Labute approximate surface area is 374 Å². The molecule has 0 aromatic rings. The van der Waals surface area contributed by atoms with Crippen molar-refractivity contribution in [3.05, 3.63) is 0 Å². The summed E-state index contributed by atoms with van der Waals surface area (Å²) in [6.07, 6.45) is 48.6. The van der Waals surface area contributed by atoms with Crippen LogP contribution in [-0.2, 0) is 4.74 Å². The topological polar surface area (TPSA) is 12.5 Å². The highest BCUT2D eigenvalue weighted by Crippen LogP contribution is 2.66. The minimum absolute atomic E-state index is 0.556. The molecule has 13 fully saturated rings. The highest BCUT2D eigenvalue weighted by atomic mass is 32.2. The lowest BCUT2D eigenvalue weighted by Crippen LogP contribution is -2.58. The minimum atomic E-state index is 0.556. The number of hydrogen-bond donors (Lipinski definition) is 0. The van der Waals surface area contributed by atoms with Gasteiger partial charge in [-0.2, -0.15) is 35.3 Å². The molecule has 9 aliphatic carbocycles. The van der Waals surface area contributed by atoms with Crippen molar-refractivity contribution in [1.29, 1.82) is 0 Å². The molecule has 0 spiro atoms. The van der Waals surface area contributed by atoms with Gasteiger partial charge in [0, 0.05) is 49.6 Å². The van der Waals surface area contributed by atoms with Crippen molar-refractivity contribution in [3.63, 3.8) is 0 Å². The number of thioether (sulfide) groups is 3. The smallest absolute Gasteiger partial charge is 0.0766 e. The van der Waals surface area contributed by atoms with Gasteiger partial charge in [0.15, 0.2) is 0 Å². The van der Waals surface area contributed by atoms with E-state index in [1.54, 1.807) is 109 Å². The van der Waals surface area contributed by atoms with Crippen LogP contribution in [0, 0.1) is 71.0 Å². The molecule has 21 atom stereocenters. The van der Waals surface area contributed by atoms with Gasteiger partial charge in [-0.3, -0.25) is 4.90 Å². The Hall–Kier alpha value is 0.970. The molecule has 0 N–H and O–H groups in total. The maximum Gasteiger partial charge on any atom is 0.0766 e. The molecule has 4 heterocycles. The molecular weight excluding hydrogens is 775 g/mol. The normalized spacial score (nSPS) is 56.8. The fourth-order valence-corrected chi connectivity index (χ4v) is 27.2. The fraction of sp³-hybridized carbons (Fsp3) is 1.00. The van der Waals surface area contributed by atoms with Gasteiger partial charge in [0.25, 0.3) is 0 Å². The molecular formula is C54H85NOS3. The molecule has 13 aliphatic rings. The molecule has 2 nitrogen and oxygen atoms in total. The second-order valence-electron chi connectivity index (χ2n) is 24.5. The van der Waals surface area contributed by atoms with Crippen LogP contribution in [0.3, 0.4) is 0 Å². The summed E-state index contributed by atoms with van der Waals surface area (Å²) in [4.78, 5) is 3.41. The third-order valence-electron chi connectivity index (χ3n) is 22.3. The number of nitrogens with zero attached hydrogens (tertiary/aromatic N) is 1. The van der Waals surface area contributed by atoms with E-state index in [9.17, 15) is 0 Å². The van der Waals surface area contributed by atoms with Crippen LogP contribution >= 0.6 is 35.3 Å². The fourth-order valence-electron chi connectivity index (χ4n) is 20.1. The first-order valence-electron chi connectivity index (χ1n) is 27.6. The van der Waals surface area contributed by atoms with Gasteiger partial charge >= 0.3 is 0 Å². The highest BCUT2D eigenvalue weighted by Gasteiger charge is 2.60. The lowest BCUT2D eigenvalue weighted by Gasteiger charge is -2.53. The van der Waals surface area contributed by atoms with Crippen LogP contribution in [0.5, 0.6) is 0 Å². The summed E-state index contributed by atoms with van der Waals surface area (Å²) in [6.45, 7) is 0. The third-order valence-corrected chi connectivity index (χ3v) is 28.1. The monoisotopic (exact) mass is 860 g/mol. The second kappa shape index (κ2) is 17.0. The van der Waals surface area contributed by atoms with Gasteiger partial charge in [-0.25, -0.2) is 0 Å². The summed E-state index contributed by atoms with van der Waals surface area (Å²) in [7, 11) is 0. The van der Waals surface area contributed by atoms with Crippen molar-refractivity contribution in [1.82, 2.24) is 4.90 Å². The van der Waals surface area contributed by atoms with Gasteiger partial charge in [0.05, 0.1) is 12.2 Å². The van der Waals surface area contributed by atoms with E-state index in [4.69, 9.17) is 4.74 Å². The number of ether oxygens (including phenoxy) is 1. The molecule has 21 unspecified atom stereocenters. The van der Waals surface area contributed by atoms with E-state index in [1.165, 1.54) is 89.9 Å². The lowest BCUT2D eigenvalue weighted by molar-refractivity contribution is -0.0875. The SMILES string of the molecule is C1CCC2C(C1)OC1C2CCCC1N(C1CCC(C2CCCC3C4CCCCC4SC23)CC1)C1CCCC(C2CCCC3C4CCC5SC6CCCCC6C5C4SC23)C1. The molecule has 0 aromatic carbocycles. The number of fused-ring (bicyclic) bond motifs is 13. The first-order valence-corrected chi connectivity index (χ1v) is 30.5. The van der Waals surface area contributed by atoms with Gasteiger partial charge in [-0.15, -0.1) is 0 Å². The maximum atomic E-state index is 7.43. The Kier molecular flexibility index (Phi) is 11.6. The predicted octanol–water partition coefficient (Wildman–Crippen LogP) is 14.2. The summed E-state index contributed by atoms with van der Waals surface area (Å²) in [5.74, 6) is 12.4. The Bertz CT molecular complexity index is 1470. The first kappa shape index (κ1) is 40.3. The molecule has 0 radical (unpaired) electrons. The molecule has 0 amide bonds. The van der Waals surface area contributed by atoms with Crippen molar-refractivity contribution in [2.24, 2.45) is 71.0 Å². The summed E-state index contributed by atoms with van der Waals surface area (Å²) in [5.41, 5.74) is 0. The van der Waals surface area contributed by atoms with Gasteiger partial charge < -0.3 is 4.74 Å². The number of hydrogen-bond acceptors (Lipinski definition) is 5. The van der Waals surface area contributed by atoms with Crippen molar-refractivity contribution >= 4 is 35.3 Å². The molecule has 4 aliphatic heterocycles. The average Bonchev–Trinajstić information content (AvgIpc) is 4.07. The van der Waals surface area contributed by atoms with Crippen molar-refractivity contribution in [2.75, 3.05) is 0 Å². The second-order valence-corrected chi connectivity index (χ2v) is 28.8. The lowest BCUT2D eigenvalue weighted by atomic mass is 9.62. The molecule has 5 heteroatoms. The van der Waals surface area contributed by atoms with E-state index in [1.807, 2.05) is 0 Å². The Morgan fingerprint density at radius 1 is 0.339 bits per heavy atom. The Balaban J connectivity index is 0.746. The first-order chi connectivity index (χ1) is 29.2. The van der Waals surface area contributed by atoms with Crippen molar-refractivity contribution in [2.45, 2.75) is 261 Å². The summed E-state index contributed by atoms with van der Waals surface area (Å²) < 4.78 is 7.43. The standard InChI is InChI=1S/C54H85NOS3/c1-4-22-46-38(13-1)40-18-10-21-45(51(40)56-46)55(34-27-25-32(26-28-34)36-16-8-19-41-39-14-2-5-23-47(39)58-52(36)41)35-12-7-11-33(31-35)37-17-9-20-42-43-29-30-49-50(54(43)59-53(37)42)44-15-3-6-24-48(44)57-49/h32-54H,1-31H2. The zero-order chi connectivity index (χ0) is 38.6. The molecule has 0 aromatic heterocycles. The van der Waals surface area contributed by atoms with Gasteiger partial charge in [0.2, 0.25) is 0 Å². The van der Waals surface area contributed by atoms with Crippen molar-refractivity contribution in [3.8, 4) is 0 Å². The molecule has 13 rings (SSSR count). The number of rotatable bonds is 5. The zero-order valence-corrected chi connectivity index (χ0v) is 39.7. The molecule has 330 valence electrons. The zero-order valence-electron chi connectivity index (χ0n) is 37.3. The summed E-state index contributed by atoms with van der Waals surface area (Å²) in [6, 6.07) is 2.40. The molecule has 0 bridgehead atoms. The van der Waals surface area contributed by atoms with E-state index < -0.39 is 0 Å². The van der Waals surface area contributed by atoms with E-state index in [0.29, 0.717) is 12.2 Å². The van der Waals surface area contributed by atoms with Gasteiger partial charge in [0.1, 0.15) is 0 Å². The van der Waals surface area contributed by atoms with E-state index in [-0.39, 0.29) is 0 Å². The van der Waals surface area contributed by atoms with E-state index in [2.05, 4.69) is 40.2 Å². The quantitative estimate of drug-likeness (QED) is 0.272. The van der Waals surface area contributed by atoms with Gasteiger partial charge in [-0.05, 0) is 199 Å². The van der Waals surface area contributed by atoms with Gasteiger partial charge in [-0.1, -0.05) is 70.6 Å². The van der Waals surface area contributed by atoms with Crippen LogP contribution in [0.2, 0.25) is 0 Å². The van der Waals surface area contributed by atoms with Crippen LogP contribution in [-0.4, -0.2) is 66.7 Å². The van der Waals surface area contributed by atoms with E-state index in [0.717, 1.165) is 121 Å². The molecule has 59 heavy (non-hydrogen) atoms. The van der Waals surface area contributed by atoms with Crippen LogP contribution in [0.15, 0.2) is 0 Å². The predicted molar refractivity (Wildman–Crippen MR) is 252 cm³/mol. The minimum Gasteiger partial charge on any atom is -0.373 e.